The van der Waals surface area contributed by atoms with Crippen molar-refractivity contribution in [3.05, 3.63) is 65.5 Å². The minimum absolute atomic E-state index is 0.0186. The second-order valence-electron chi connectivity index (χ2n) is 5.18. The molecule has 0 aliphatic rings. The topological polar surface area (TPSA) is 44.1 Å². The van der Waals surface area contributed by atoms with Crippen molar-refractivity contribution in [2.75, 3.05) is 7.11 Å². The number of alkyl halides is 2. The average molecular weight is 363 g/mol. The Morgan fingerprint density at radius 1 is 1.20 bits per heavy atom. The first kappa shape index (κ1) is 17.1. The van der Waals surface area contributed by atoms with Crippen molar-refractivity contribution < 1.29 is 18.3 Å². The van der Waals surface area contributed by atoms with Gasteiger partial charge in [0, 0.05) is 0 Å². The molecule has 0 saturated carbocycles. The molecule has 1 aromatic heterocycles. The second kappa shape index (κ2) is 7.03. The number of esters is 1. The molecule has 0 spiro atoms. The number of fused-ring (bicyclic) bond motifs is 1. The highest BCUT2D eigenvalue weighted by atomic mass is 35.5. The Hall–Kier alpha value is -2.73. The van der Waals surface area contributed by atoms with Gasteiger partial charge in [0.05, 0.1) is 28.7 Å². The van der Waals surface area contributed by atoms with Crippen LogP contribution < -0.4 is 0 Å². The van der Waals surface area contributed by atoms with Gasteiger partial charge in [-0.15, -0.1) is 0 Å². The van der Waals surface area contributed by atoms with Gasteiger partial charge < -0.3 is 4.74 Å². The summed E-state index contributed by atoms with van der Waals surface area (Å²) < 4.78 is 32.3. The van der Waals surface area contributed by atoms with E-state index in [9.17, 15) is 13.6 Å². The van der Waals surface area contributed by atoms with Crippen molar-refractivity contribution in [2.24, 2.45) is 0 Å². The van der Waals surface area contributed by atoms with Crippen LogP contribution in [0.5, 0.6) is 0 Å². The molecule has 0 aliphatic heterocycles. The second-order valence-corrected chi connectivity index (χ2v) is 5.58. The molecule has 0 atom stereocenters. The molecule has 128 valence electrons. The maximum atomic E-state index is 13.5. The standard InChI is InChI=1S/C18H13ClF2N2O2/c1-25-17(24)12-8-6-11(7-9-12)10-13(19)16-22-14-4-2-3-5-15(14)23(16)18(20)21/h2-10,18H,1H3/b13-10-. The third-order valence-corrected chi connectivity index (χ3v) is 3.91. The van der Waals surface area contributed by atoms with Gasteiger partial charge >= 0.3 is 12.5 Å². The summed E-state index contributed by atoms with van der Waals surface area (Å²) in [6, 6.07) is 13.0. The van der Waals surface area contributed by atoms with E-state index in [1.807, 2.05) is 0 Å². The summed E-state index contributed by atoms with van der Waals surface area (Å²) >= 11 is 6.24. The monoisotopic (exact) mass is 362 g/mol. The van der Waals surface area contributed by atoms with Crippen molar-refractivity contribution in [1.82, 2.24) is 9.55 Å². The maximum Gasteiger partial charge on any atom is 0.337 e. The van der Waals surface area contributed by atoms with Gasteiger partial charge in [-0.05, 0) is 35.9 Å². The summed E-state index contributed by atoms with van der Waals surface area (Å²) in [6.07, 6.45) is 1.52. The molecule has 0 unspecified atom stereocenters. The zero-order valence-corrected chi connectivity index (χ0v) is 13.9. The molecular weight excluding hydrogens is 350 g/mol. The lowest BCUT2D eigenvalue weighted by Gasteiger charge is -2.07. The summed E-state index contributed by atoms with van der Waals surface area (Å²) in [5.41, 5.74) is 1.77. The van der Waals surface area contributed by atoms with Crippen molar-refractivity contribution in [1.29, 1.82) is 0 Å². The number of para-hydroxylation sites is 2. The largest absolute Gasteiger partial charge is 0.465 e. The predicted octanol–water partition coefficient (Wildman–Crippen LogP) is 4.95. The van der Waals surface area contributed by atoms with Crippen LogP contribution in [-0.4, -0.2) is 22.6 Å². The SMILES string of the molecule is COC(=O)c1ccc(/C=C(\Cl)c2nc3ccccc3n2C(F)F)cc1. The molecule has 0 fully saturated rings. The Morgan fingerprint density at radius 2 is 1.88 bits per heavy atom. The molecular formula is C18H13ClF2N2O2. The van der Waals surface area contributed by atoms with Crippen LogP contribution in [0.1, 0.15) is 28.3 Å². The van der Waals surface area contributed by atoms with Gasteiger partial charge in [0.15, 0.2) is 5.82 Å². The van der Waals surface area contributed by atoms with E-state index in [1.54, 1.807) is 48.5 Å². The number of nitrogens with zero attached hydrogens (tertiary/aromatic N) is 2. The summed E-state index contributed by atoms with van der Waals surface area (Å²) in [6.45, 7) is -2.77. The zero-order chi connectivity index (χ0) is 18.0. The van der Waals surface area contributed by atoms with E-state index in [0.717, 1.165) is 4.57 Å². The molecule has 3 aromatic rings. The number of ether oxygens (including phenoxy) is 1. The summed E-state index contributed by atoms with van der Waals surface area (Å²) in [5.74, 6) is -0.476. The first-order chi connectivity index (χ1) is 12.0. The number of benzene rings is 2. The van der Waals surface area contributed by atoms with E-state index < -0.39 is 12.5 Å². The van der Waals surface area contributed by atoms with E-state index in [1.165, 1.54) is 13.2 Å². The molecule has 0 saturated heterocycles. The molecule has 3 rings (SSSR count). The van der Waals surface area contributed by atoms with E-state index >= 15 is 0 Å². The van der Waals surface area contributed by atoms with Crippen LogP contribution in [-0.2, 0) is 4.74 Å². The fourth-order valence-corrected chi connectivity index (χ4v) is 2.71. The number of aromatic nitrogens is 2. The molecule has 25 heavy (non-hydrogen) atoms. The Morgan fingerprint density at radius 3 is 2.52 bits per heavy atom. The molecule has 0 N–H and O–H groups in total. The number of carbonyl (C=O) groups is 1. The third-order valence-electron chi connectivity index (χ3n) is 3.63. The van der Waals surface area contributed by atoms with Crippen LogP contribution in [0.2, 0.25) is 0 Å². The van der Waals surface area contributed by atoms with Crippen molar-refractivity contribution in [3.63, 3.8) is 0 Å². The average Bonchev–Trinajstić information content (AvgIpc) is 3.01. The maximum absolute atomic E-state index is 13.5. The number of hydrogen-bond acceptors (Lipinski definition) is 3. The Kier molecular flexibility index (Phi) is 4.81. The Bertz CT molecular complexity index is 949. The zero-order valence-electron chi connectivity index (χ0n) is 13.1. The molecule has 7 heteroatoms. The highest BCUT2D eigenvalue weighted by molar-refractivity contribution is 6.50. The Balaban J connectivity index is 2.01. The smallest absolute Gasteiger partial charge is 0.337 e. The fourth-order valence-electron chi connectivity index (χ4n) is 2.45. The molecule has 0 aliphatic carbocycles. The van der Waals surface area contributed by atoms with E-state index in [-0.39, 0.29) is 10.9 Å². The Labute approximate surface area is 147 Å². The van der Waals surface area contributed by atoms with Gasteiger partial charge in [-0.25, -0.2) is 9.78 Å². The van der Waals surface area contributed by atoms with Crippen molar-refractivity contribution >= 4 is 39.7 Å². The fraction of sp³-hybridized carbons (Fsp3) is 0.111. The number of methoxy groups -OCH3 is 1. The van der Waals surface area contributed by atoms with E-state index in [4.69, 9.17) is 11.6 Å². The van der Waals surface area contributed by atoms with E-state index in [0.29, 0.717) is 22.2 Å². The number of hydrogen-bond donors (Lipinski definition) is 0. The first-order valence-corrected chi connectivity index (χ1v) is 7.70. The summed E-state index contributed by atoms with van der Waals surface area (Å²) in [7, 11) is 1.29. The molecule has 1 heterocycles. The third kappa shape index (κ3) is 3.39. The number of imidazole rings is 1. The summed E-state index contributed by atoms with van der Waals surface area (Å²) in [4.78, 5) is 15.6. The van der Waals surface area contributed by atoms with Gasteiger partial charge in [0.2, 0.25) is 0 Å². The molecule has 4 nitrogen and oxygen atoms in total. The minimum atomic E-state index is -2.77. The quantitative estimate of drug-likeness (QED) is 0.616. The van der Waals surface area contributed by atoms with Crippen LogP contribution in [0, 0.1) is 0 Å². The van der Waals surface area contributed by atoms with E-state index in [2.05, 4.69) is 9.72 Å². The van der Waals surface area contributed by atoms with Crippen LogP contribution >= 0.6 is 11.6 Å². The first-order valence-electron chi connectivity index (χ1n) is 7.32. The van der Waals surface area contributed by atoms with Crippen LogP contribution in [0.25, 0.3) is 22.1 Å². The van der Waals surface area contributed by atoms with Crippen molar-refractivity contribution in [3.8, 4) is 0 Å². The number of carbonyl (C=O) groups excluding carboxylic acids is 1. The lowest BCUT2D eigenvalue weighted by Crippen LogP contribution is -2.02. The minimum Gasteiger partial charge on any atom is -0.465 e. The lowest BCUT2D eigenvalue weighted by atomic mass is 10.1. The highest BCUT2D eigenvalue weighted by Crippen LogP contribution is 2.30. The van der Waals surface area contributed by atoms with Crippen LogP contribution in [0.15, 0.2) is 48.5 Å². The molecule has 2 aromatic carbocycles. The summed E-state index contributed by atoms with van der Waals surface area (Å²) in [5, 5.41) is 0.0716. The molecule has 0 bridgehead atoms. The van der Waals surface area contributed by atoms with Crippen LogP contribution in [0.3, 0.4) is 0 Å². The van der Waals surface area contributed by atoms with Crippen LogP contribution in [0.4, 0.5) is 8.78 Å². The predicted molar refractivity (Wildman–Crippen MR) is 92.5 cm³/mol. The van der Waals surface area contributed by atoms with Gasteiger partial charge in [-0.1, -0.05) is 35.9 Å². The molecule has 0 amide bonds. The van der Waals surface area contributed by atoms with Gasteiger partial charge in [-0.2, -0.15) is 8.78 Å². The normalized spacial score (nSPS) is 12.0. The van der Waals surface area contributed by atoms with Crippen molar-refractivity contribution in [2.45, 2.75) is 6.55 Å². The highest BCUT2D eigenvalue weighted by Gasteiger charge is 2.19. The molecule has 0 radical (unpaired) electrons. The number of rotatable bonds is 4. The van der Waals surface area contributed by atoms with Gasteiger partial charge in [0.25, 0.3) is 0 Å². The number of halogens is 3. The lowest BCUT2D eigenvalue weighted by molar-refractivity contribution is 0.0600. The van der Waals surface area contributed by atoms with Gasteiger partial charge in [0.1, 0.15) is 0 Å². The van der Waals surface area contributed by atoms with Gasteiger partial charge in [-0.3, -0.25) is 4.57 Å².